The average molecular weight is 359 g/mol. The molecule has 4 heteroatoms. The van der Waals surface area contributed by atoms with E-state index in [1.165, 1.54) is 5.56 Å². The van der Waals surface area contributed by atoms with Crippen molar-refractivity contribution in [1.29, 1.82) is 0 Å². The van der Waals surface area contributed by atoms with E-state index < -0.39 is 0 Å². The number of benzene rings is 3. The summed E-state index contributed by atoms with van der Waals surface area (Å²) in [6, 6.07) is 22.2. The number of nitrogens with two attached hydrogens (primary N) is 1. The minimum atomic E-state index is 0.0107. The molecule has 1 aliphatic heterocycles. The minimum absolute atomic E-state index is 0.0107. The Morgan fingerprint density at radius 2 is 1.89 bits per heavy atom. The summed E-state index contributed by atoms with van der Waals surface area (Å²) in [6.45, 7) is 2.79. The summed E-state index contributed by atoms with van der Waals surface area (Å²) < 4.78 is 0. The van der Waals surface area contributed by atoms with Crippen molar-refractivity contribution in [1.82, 2.24) is 10.2 Å². The zero-order chi connectivity index (χ0) is 18.6. The van der Waals surface area contributed by atoms with Gasteiger partial charge in [0.25, 0.3) is 5.91 Å². The summed E-state index contributed by atoms with van der Waals surface area (Å²) in [7, 11) is 0. The van der Waals surface area contributed by atoms with E-state index in [1.807, 2.05) is 54.6 Å². The lowest BCUT2D eigenvalue weighted by Crippen LogP contribution is -2.47. The van der Waals surface area contributed by atoms with E-state index >= 15 is 0 Å². The third-order valence-corrected chi connectivity index (χ3v) is 5.21. The number of piperidine rings is 1. The van der Waals surface area contributed by atoms with Gasteiger partial charge in [0.05, 0.1) is 0 Å². The van der Waals surface area contributed by atoms with Crippen LogP contribution in [0.5, 0.6) is 0 Å². The number of amides is 1. The van der Waals surface area contributed by atoms with E-state index in [2.05, 4.69) is 22.3 Å². The molecule has 3 N–H and O–H groups in total. The number of nitrogens with one attached hydrogen (secondary N) is 1. The first-order valence-electron chi connectivity index (χ1n) is 9.54. The fourth-order valence-electron chi connectivity index (χ4n) is 3.87. The van der Waals surface area contributed by atoms with E-state index in [0.29, 0.717) is 0 Å². The molecule has 0 aliphatic carbocycles. The van der Waals surface area contributed by atoms with Crippen molar-refractivity contribution >= 4 is 22.4 Å². The molecule has 1 amide bonds. The zero-order valence-electron chi connectivity index (χ0n) is 15.4. The van der Waals surface area contributed by atoms with Crippen molar-refractivity contribution in [2.75, 3.05) is 18.8 Å². The molecule has 0 bridgehead atoms. The van der Waals surface area contributed by atoms with Crippen molar-refractivity contribution in [3.8, 4) is 0 Å². The van der Waals surface area contributed by atoms with Gasteiger partial charge in [-0.3, -0.25) is 9.69 Å². The first-order chi connectivity index (χ1) is 13.2. The van der Waals surface area contributed by atoms with E-state index in [-0.39, 0.29) is 11.9 Å². The Labute approximate surface area is 160 Å². The van der Waals surface area contributed by atoms with Crippen molar-refractivity contribution in [2.45, 2.75) is 25.4 Å². The van der Waals surface area contributed by atoms with Gasteiger partial charge >= 0.3 is 0 Å². The third-order valence-electron chi connectivity index (χ3n) is 5.21. The number of nitrogens with zero attached hydrogens (tertiary/aromatic N) is 1. The number of likely N-dealkylation sites (tertiary alicyclic amines) is 1. The predicted molar refractivity (Wildman–Crippen MR) is 111 cm³/mol. The largest absolute Gasteiger partial charge is 0.399 e. The van der Waals surface area contributed by atoms with Crippen LogP contribution in [0, 0.1) is 0 Å². The summed E-state index contributed by atoms with van der Waals surface area (Å²) >= 11 is 0. The Bertz CT molecular complexity index is 953. The van der Waals surface area contributed by atoms with Crippen molar-refractivity contribution in [3.63, 3.8) is 0 Å². The molecule has 1 aliphatic rings. The van der Waals surface area contributed by atoms with Gasteiger partial charge in [-0.15, -0.1) is 0 Å². The molecular formula is C23H25N3O. The molecule has 27 heavy (non-hydrogen) atoms. The highest BCUT2D eigenvalue weighted by molar-refractivity contribution is 5.98. The van der Waals surface area contributed by atoms with Crippen molar-refractivity contribution < 1.29 is 4.79 Å². The summed E-state index contributed by atoms with van der Waals surface area (Å²) in [5, 5.41) is 5.47. The number of nitrogen functional groups attached to an aromatic ring is 1. The van der Waals surface area contributed by atoms with Gasteiger partial charge in [-0.1, -0.05) is 42.5 Å². The maximum atomic E-state index is 12.7. The molecule has 3 aromatic rings. The van der Waals surface area contributed by atoms with Crippen LogP contribution >= 0.6 is 0 Å². The highest BCUT2D eigenvalue weighted by Crippen LogP contribution is 2.18. The van der Waals surface area contributed by atoms with Gasteiger partial charge in [-0.05, 0) is 60.0 Å². The van der Waals surface area contributed by atoms with Crippen LogP contribution in [0.4, 0.5) is 5.69 Å². The number of rotatable bonds is 4. The quantitative estimate of drug-likeness (QED) is 0.696. The molecule has 1 atom stereocenters. The van der Waals surface area contributed by atoms with Crippen LogP contribution < -0.4 is 11.1 Å². The Morgan fingerprint density at radius 1 is 1.04 bits per heavy atom. The molecule has 0 spiro atoms. The maximum Gasteiger partial charge on any atom is 0.251 e. The van der Waals surface area contributed by atoms with E-state index in [4.69, 9.17) is 5.73 Å². The van der Waals surface area contributed by atoms with Crippen LogP contribution in [-0.4, -0.2) is 29.9 Å². The van der Waals surface area contributed by atoms with Crippen LogP contribution in [0.3, 0.4) is 0 Å². The lowest BCUT2D eigenvalue weighted by atomic mass is 10.0. The second-order valence-electron chi connectivity index (χ2n) is 7.35. The molecule has 138 valence electrons. The van der Waals surface area contributed by atoms with Gasteiger partial charge in [0.1, 0.15) is 0 Å². The smallest absolute Gasteiger partial charge is 0.251 e. The van der Waals surface area contributed by atoms with Gasteiger partial charge in [0, 0.05) is 30.4 Å². The lowest BCUT2D eigenvalue weighted by molar-refractivity contribution is 0.0901. The Balaban J connectivity index is 1.40. The predicted octanol–water partition coefficient (Wildman–Crippen LogP) is 3.82. The number of carbonyl (C=O) groups excluding carboxylic acids is 1. The van der Waals surface area contributed by atoms with Crippen molar-refractivity contribution in [2.24, 2.45) is 0 Å². The van der Waals surface area contributed by atoms with Gasteiger partial charge in [0.2, 0.25) is 0 Å². The Morgan fingerprint density at radius 3 is 2.74 bits per heavy atom. The number of hydrogen-bond acceptors (Lipinski definition) is 3. The fourth-order valence-corrected chi connectivity index (χ4v) is 3.87. The zero-order valence-corrected chi connectivity index (χ0v) is 15.4. The summed E-state index contributed by atoms with van der Waals surface area (Å²) in [4.78, 5) is 15.1. The van der Waals surface area contributed by atoms with Crippen LogP contribution in [0.25, 0.3) is 10.8 Å². The monoisotopic (exact) mass is 359 g/mol. The van der Waals surface area contributed by atoms with Crippen LogP contribution in [0.15, 0.2) is 66.7 Å². The van der Waals surface area contributed by atoms with Crippen LogP contribution in [-0.2, 0) is 6.54 Å². The van der Waals surface area contributed by atoms with Gasteiger partial charge < -0.3 is 11.1 Å². The first kappa shape index (κ1) is 17.6. The molecule has 4 nitrogen and oxygen atoms in total. The summed E-state index contributed by atoms with van der Waals surface area (Å²) in [5.74, 6) is 0.0107. The summed E-state index contributed by atoms with van der Waals surface area (Å²) in [6.07, 6.45) is 2.11. The Hall–Kier alpha value is -2.85. The van der Waals surface area contributed by atoms with Crippen LogP contribution in [0.1, 0.15) is 28.8 Å². The van der Waals surface area contributed by atoms with Crippen LogP contribution in [0.2, 0.25) is 0 Å². The van der Waals surface area contributed by atoms with E-state index in [1.54, 1.807) is 0 Å². The average Bonchev–Trinajstić information content (AvgIpc) is 2.68. The topological polar surface area (TPSA) is 58.4 Å². The fraction of sp³-hybridized carbons (Fsp3) is 0.261. The molecular weight excluding hydrogens is 334 g/mol. The molecule has 3 aromatic carbocycles. The van der Waals surface area contributed by atoms with Crippen molar-refractivity contribution in [3.05, 3.63) is 77.9 Å². The van der Waals surface area contributed by atoms with Gasteiger partial charge in [0.15, 0.2) is 0 Å². The molecule has 0 saturated carbocycles. The van der Waals surface area contributed by atoms with Gasteiger partial charge in [-0.25, -0.2) is 0 Å². The molecule has 1 unspecified atom stereocenters. The number of fused-ring (bicyclic) bond motifs is 1. The third kappa shape index (κ3) is 4.29. The SMILES string of the molecule is Nc1cccc(CN2CCCC(NC(=O)c3ccc4ccccc4c3)C2)c1. The second-order valence-corrected chi connectivity index (χ2v) is 7.35. The second kappa shape index (κ2) is 7.80. The Kier molecular flexibility index (Phi) is 5.07. The number of hydrogen-bond donors (Lipinski definition) is 2. The first-order valence-corrected chi connectivity index (χ1v) is 9.54. The summed E-state index contributed by atoms with van der Waals surface area (Å²) in [5.41, 5.74) is 8.62. The lowest BCUT2D eigenvalue weighted by Gasteiger charge is -2.33. The molecule has 0 radical (unpaired) electrons. The highest BCUT2D eigenvalue weighted by Gasteiger charge is 2.22. The van der Waals surface area contributed by atoms with Gasteiger partial charge in [-0.2, -0.15) is 0 Å². The minimum Gasteiger partial charge on any atom is -0.399 e. The standard InChI is InChI=1S/C23H25N3O/c24-21-8-3-5-17(13-21)15-26-12-4-9-22(16-26)25-23(27)20-11-10-18-6-1-2-7-19(18)14-20/h1-3,5-8,10-11,13-14,22H,4,9,12,15-16,24H2,(H,25,27). The van der Waals surface area contributed by atoms with E-state index in [9.17, 15) is 4.79 Å². The molecule has 1 fully saturated rings. The normalized spacial score (nSPS) is 17.7. The molecule has 1 saturated heterocycles. The number of carbonyl (C=O) groups is 1. The molecule has 1 heterocycles. The number of anilines is 1. The molecule has 4 rings (SSSR count). The highest BCUT2D eigenvalue weighted by atomic mass is 16.1. The van der Waals surface area contributed by atoms with E-state index in [0.717, 1.165) is 54.5 Å². The molecule has 0 aromatic heterocycles. The maximum absolute atomic E-state index is 12.7.